The number of Topliss-reactive ketones (excluding diaryl/α,β-unsaturated/α-hetero) is 1. The second-order valence-electron chi connectivity index (χ2n) is 5.95. The summed E-state index contributed by atoms with van der Waals surface area (Å²) in [6.07, 6.45) is 0.262. The largest absolute Gasteiger partial charge is 0.497 e. The predicted octanol–water partition coefficient (Wildman–Crippen LogP) is 3.03. The normalized spacial score (nSPS) is 10.2. The monoisotopic (exact) mass is 405 g/mol. The fourth-order valence-corrected chi connectivity index (χ4v) is 3.49. The van der Waals surface area contributed by atoms with E-state index in [2.05, 4.69) is 16.2 Å². The number of ketones is 1. The van der Waals surface area contributed by atoms with Gasteiger partial charge in [-0.1, -0.05) is 12.1 Å². The molecule has 0 aliphatic carbocycles. The summed E-state index contributed by atoms with van der Waals surface area (Å²) in [5.41, 5.74) is 6.87. The fraction of sp³-hybridized carbons (Fsp3) is 0.316. The van der Waals surface area contributed by atoms with Crippen molar-refractivity contribution in [2.24, 2.45) is 0 Å². The zero-order valence-corrected chi connectivity index (χ0v) is 17.2. The second-order valence-corrected chi connectivity index (χ2v) is 7.82. The minimum Gasteiger partial charge on any atom is -0.497 e. The summed E-state index contributed by atoms with van der Waals surface area (Å²) in [7, 11) is 1.62. The second kappa shape index (κ2) is 10.0. The van der Waals surface area contributed by atoms with Gasteiger partial charge in [-0.3, -0.25) is 20.4 Å². The van der Waals surface area contributed by atoms with Gasteiger partial charge in [0.2, 0.25) is 5.91 Å². The third-order valence-corrected chi connectivity index (χ3v) is 5.06. The summed E-state index contributed by atoms with van der Waals surface area (Å²) >= 11 is 6.71. The number of thiophene rings is 1. The number of ether oxygens (including phenoxy) is 1. The van der Waals surface area contributed by atoms with Crippen molar-refractivity contribution in [3.8, 4) is 5.75 Å². The number of hydrogen-bond donors (Lipinski definition) is 3. The summed E-state index contributed by atoms with van der Waals surface area (Å²) in [5, 5.41) is 3.29. The van der Waals surface area contributed by atoms with Gasteiger partial charge in [-0.15, -0.1) is 11.3 Å². The molecule has 0 spiro atoms. The Morgan fingerprint density at radius 3 is 2.41 bits per heavy atom. The molecule has 0 radical (unpaired) electrons. The highest BCUT2D eigenvalue weighted by atomic mass is 32.1. The Morgan fingerprint density at radius 1 is 1.11 bits per heavy atom. The van der Waals surface area contributed by atoms with Crippen LogP contribution in [0.4, 0.5) is 0 Å². The van der Waals surface area contributed by atoms with Gasteiger partial charge in [-0.25, -0.2) is 0 Å². The Hall–Kier alpha value is -2.45. The molecule has 1 aromatic heterocycles. The minimum absolute atomic E-state index is 0.0211. The minimum atomic E-state index is -0.290. The lowest BCUT2D eigenvalue weighted by Gasteiger charge is -2.11. The van der Waals surface area contributed by atoms with Crippen LogP contribution in [-0.2, 0) is 11.3 Å². The molecule has 0 aliphatic rings. The van der Waals surface area contributed by atoms with E-state index in [0.29, 0.717) is 17.2 Å². The van der Waals surface area contributed by atoms with Crippen molar-refractivity contribution in [1.29, 1.82) is 0 Å². The van der Waals surface area contributed by atoms with E-state index in [-0.39, 0.29) is 24.5 Å². The maximum absolute atomic E-state index is 12.2. The number of thiocarbonyl (C=S) groups is 1. The van der Waals surface area contributed by atoms with Crippen LogP contribution in [0.2, 0.25) is 0 Å². The molecule has 8 heteroatoms. The number of amides is 1. The molecule has 6 nitrogen and oxygen atoms in total. The number of nitrogens with one attached hydrogen (secondary N) is 3. The molecular formula is C19H23N3O3S2. The van der Waals surface area contributed by atoms with Crippen LogP contribution in [0.5, 0.6) is 5.75 Å². The summed E-state index contributed by atoms with van der Waals surface area (Å²) < 4.78 is 5.11. The molecule has 3 N–H and O–H groups in total. The molecule has 0 bridgehead atoms. The van der Waals surface area contributed by atoms with Crippen molar-refractivity contribution in [1.82, 2.24) is 16.2 Å². The van der Waals surface area contributed by atoms with Gasteiger partial charge in [0.05, 0.1) is 7.11 Å². The van der Waals surface area contributed by atoms with E-state index in [1.165, 1.54) is 0 Å². The van der Waals surface area contributed by atoms with Crippen LogP contribution in [-0.4, -0.2) is 23.9 Å². The topological polar surface area (TPSA) is 79.5 Å². The maximum atomic E-state index is 12.2. The SMILES string of the molecule is COc1ccc(CNC(=S)NNC(=O)CCC(=O)c2cc(C)sc2C)cc1. The zero-order valence-electron chi connectivity index (χ0n) is 15.5. The fourth-order valence-electron chi connectivity index (χ4n) is 2.43. The van der Waals surface area contributed by atoms with E-state index in [9.17, 15) is 9.59 Å². The smallest absolute Gasteiger partial charge is 0.238 e. The lowest BCUT2D eigenvalue weighted by Crippen LogP contribution is -2.46. The van der Waals surface area contributed by atoms with Crippen molar-refractivity contribution in [3.05, 3.63) is 51.2 Å². The average molecular weight is 406 g/mol. The third kappa shape index (κ3) is 6.65. The van der Waals surface area contributed by atoms with Gasteiger partial charge in [0.1, 0.15) is 5.75 Å². The Labute approximate surface area is 168 Å². The number of methoxy groups -OCH3 is 1. The number of hydrogen-bond acceptors (Lipinski definition) is 5. The first-order valence-corrected chi connectivity index (χ1v) is 9.67. The third-order valence-electron chi connectivity index (χ3n) is 3.85. The van der Waals surface area contributed by atoms with Gasteiger partial charge in [0.25, 0.3) is 0 Å². The van der Waals surface area contributed by atoms with Crippen LogP contribution in [0, 0.1) is 13.8 Å². The lowest BCUT2D eigenvalue weighted by molar-refractivity contribution is -0.121. The van der Waals surface area contributed by atoms with Crippen molar-refractivity contribution in [2.75, 3.05) is 7.11 Å². The lowest BCUT2D eigenvalue weighted by atomic mass is 10.1. The molecule has 1 aromatic carbocycles. The number of hydrazine groups is 1. The maximum Gasteiger partial charge on any atom is 0.238 e. The molecule has 1 amide bonds. The standard InChI is InChI=1S/C19H23N3O3S2/c1-12-10-16(13(2)27-12)17(23)8-9-18(24)21-22-19(26)20-11-14-4-6-15(25-3)7-5-14/h4-7,10H,8-9,11H2,1-3H3,(H,21,24)(H2,20,22,26). The van der Waals surface area contributed by atoms with E-state index < -0.39 is 0 Å². The van der Waals surface area contributed by atoms with Gasteiger partial charge in [0, 0.05) is 34.7 Å². The Morgan fingerprint density at radius 2 is 1.81 bits per heavy atom. The van der Waals surface area contributed by atoms with Crippen molar-refractivity contribution >= 4 is 40.4 Å². The number of rotatable bonds is 7. The predicted molar refractivity (Wildman–Crippen MR) is 111 cm³/mol. The number of carbonyl (C=O) groups excluding carboxylic acids is 2. The van der Waals surface area contributed by atoms with Crippen LogP contribution in [0.15, 0.2) is 30.3 Å². The van der Waals surface area contributed by atoms with E-state index in [4.69, 9.17) is 17.0 Å². The van der Waals surface area contributed by atoms with Gasteiger partial charge < -0.3 is 10.1 Å². The summed E-state index contributed by atoms with van der Waals surface area (Å²) in [6.45, 7) is 4.39. The van der Waals surface area contributed by atoms with E-state index in [1.54, 1.807) is 18.4 Å². The molecule has 0 aliphatic heterocycles. The molecule has 0 fully saturated rings. The first-order chi connectivity index (χ1) is 12.9. The van der Waals surface area contributed by atoms with Crippen molar-refractivity contribution < 1.29 is 14.3 Å². The highest BCUT2D eigenvalue weighted by molar-refractivity contribution is 7.80. The number of aryl methyl sites for hydroxylation is 2. The van der Waals surface area contributed by atoms with Crippen molar-refractivity contribution in [2.45, 2.75) is 33.2 Å². The number of benzene rings is 1. The molecule has 2 rings (SSSR count). The van der Waals surface area contributed by atoms with Gasteiger partial charge in [-0.05, 0) is 49.8 Å². The van der Waals surface area contributed by atoms with E-state index in [0.717, 1.165) is 21.1 Å². The first kappa shape index (κ1) is 20.9. The van der Waals surface area contributed by atoms with Gasteiger partial charge in [0.15, 0.2) is 10.9 Å². The highest BCUT2D eigenvalue weighted by Gasteiger charge is 2.13. The molecule has 0 unspecified atom stereocenters. The number of carbonyl (C=O) groups is 2. The molecular weight excluding hydrogens is 382 g/mol. The highest BCUT2D eigenvalue weighted by Crippen LogP contribution is 2.22. The molecule has 1 heterocycles. The molecule has 2 aromatic rings. The average Bonchev–Trinajstić information content (AvgIpc) is 3.01. The van der Waals surface area contributed by atoms with Gasteiger partial charge in [-0.2, -0.15) is 0 Å². The van der Waals surface area contributed by atoms with Crippen LogP contribution in [0.25, 0.3) is 0 Å². The molecule has 0 atom stereocenters. The van der Waals surface area contributed by atoms with Crippen LogP contribution < -0.4 is 20.9 Å². The van der Waals surface area contributed by atoms with E-state index >= 15 is 0 Å². The molecule has 0 saturated heterocycles. The Balaban J connectivity index is 1.67. The molecule has 27 heavy (non-hydrogen) atoms. The quantitative estimate of drug-likeness (QED) is 0.373. The summed E-state index contributed by atoms with van der Waals surface area (Å²) in [5.74, 6) is 0.475. The molecule has 144 valence electrons. The van der Waals surface area contributed by atoms with Crippen molar-refractivity contribution in [3.63, 3.8) is 0 Å². The van der Waals surface area contributed by atoms with Crippen LogP contribution >= 0.6 is 23.6 Å². The van der Waals surface area contributed by atoms with E-state index in [1.807, 2.05) is 44.2 Å². The van der Waals surface area contributed by atoms with Crippen LogP contribution in [0.3, 0.4) is 0 Å². The Bertz CT molecular complexity index is 816. The Kier molecular flexibility index (Phi) is 7.75. The van der Waals surface area contributed by atoms with Crippen LogP contribution in [0.1, 0.15) is 38.5 Å². The van der Waals surface area contributed by atoms with Gasteiger partial charge >= 0.3 is 0 Å². The summed E-state index contributed by atoms with van der Waals surface area (Å²) in [4.78, 5) is 26.2. The first-order valence-electron chi connectivity index (χ1n) is 8.45. The zero-order chi connectivity index (χ0) is 19.8. The molecule has 0 saturated carbocycles. The summed E-state index contributed by atoms with van der Waals surface area (Å²) in [6, 6.07) is 9.45.